The molecule has 0 saturated carbocycles. The predicted molar refractivity (Wildman–Crippen MR) is 74.0 cm³/mol. The van der Waals surface area contributed by atoms with E-state index in [2.05, 4.69) is 10.3 Å². The first-order chi connectivity index (χ1) is 8.47. The minimum absolute atomic E-state index is 0.0814. The summed E-state index contributed by atoms with van der Waals surface area (Å²) in [6, 6.07) is 5.61. The minimum Gasteiger partial charge on any atom is -0.337 e. The monoisotopic (exact) mass is 324 g/mol. The van der Waals surface area contributed by atoms with Crippen molar-refractivity contribution in [1.82, 2.24) is 4.98 Å². The summed E-state index contributed by atoms with van der Waals surface area (Å²) < 4.78 is 13.6. The zero-order chi connectivity index (χ0) is 13.3. The molecule has 0 saturated heterocycles. The molecule has 94 valence electrons. The number of nitrogens with one attached hydrogen (secondary N) is 1. The van der Waals surface area contributed by atoms with Crippen molar-refractivity contribution in [3.05, 3.63) is 50.3 Å². The lowest BCUT2D eigenvalue weighted by atomic mass is 10.3. The Labute approximate surface area is 123 Å². The topological polar surface area (TPSA) is 24.9 Å². The van der Waals surface area contributed by atoms with E-state index >= 15 is 0 Å². The molecule has 0 atom stereocenters. The van der Waals surface area contributed by atoms with Gasteiger partial charge in [-0.15, -0.1) is 0 Å². The molecule has 0 spiro atoms. The molecule has 0 aliphatic rings. The van der Waals surface area contributed by atoms with Crippen molar-refractivity contribution in [2.24, 2.45) is 0 Å². The van der Waals surface area contributed by atoms with Gasteiger partial charge >= 0.3 is 0 Å². The molecule has 0 unspecified atom stereocenters. The van der Waals surface area contributed by atoms with Crippen LogP contribution in [0, 0.1) is 5.82 Å². The third-order valence-corrected chi connectivity index (χ3v) is 3.27. The van der Waals surface area contributed by atoms with Crippen LogP contribution >= 0.6 is 46.4 Å². The highest BCUT2D eigenvalue weighted by atomic mass is 35.5. The van der Waals surface area contributed by atoms with E-state index in [1.807, 2.05) is 0 Å². The molecular weight excluding hydrogens is 321 g/mol. The van der Waals surface area contributed by atoms with Crippen molar-refractivity contribution in [3.63, 3.8) is 0 Å². The molecule has 7 heteroatoms. The first-order valence-electron chi connectivity index (χ1n) is 4.71. The van der Waals surface area contributed by atoms with Crippen LogP contribution in [0.15, 0.2) is 24.3 Å². The summed E-state index contributed by atoms with van der Waals surface area (Å²) in [5.41, 5.74) is 0.187. The summed E-state index contributed by atoms with van der Waals surface area (Å²) in [6.07, 6.45) is 0. The fraction of sp³-hybridized carbons (Fsp3) is 0. The van der Waals surface area contributed by atoms with Crippen molar-refractivity contribution < 1.29 is 4.39 Å². The smallest absolute Gasteiger partial charge is 0.151 e. The summed E-state index contributed by atoms with van der Waals surface area (Å²) in [6.45, 7) is 0. The maximum atomic E-state index is 13.6. The molecule has 0 fully saturated rings. The largest absolute Gasteiger partial charge is 0.337 e. The van der Waals surface area contributed by atoms with E-state index in [1.165, 1.54) is 18.2 Å². The molecule has 2 nitrogen and oxygen atoms in total. The highest BCUT2D eigenvalue weighted by molar-refractivity contribution is 6.43. The van der Waals surface area contributed by atoms with Gasteiger partial charge < -0.3 is 5.32 Å². The number of pyridine rings is 1. The Morgan fingerprint density at radius 1 is 1.00 bits per heavy atom. The summed E-state index contributed by atoms with van der Waals surface area (Å²) >= 11 is 23.1. The lowest BCUT2D eigenvalue weighted by Crippen LogP contribution is -1.97. The number of halogens is 5. The van der Waals surface area contributed by atoms with Gasteiger partial charge in [-0.1, -0.05) is 46.4 Å². The standard InChI is InChI=1S/C11H5Cl4FN2/c12-5-1-2-9(8(16)3-5)17-11-7(14)4-6(13)10(15)18-11/h1-4H,(H,17,18). The number of hydrogen-bond acceptors (Lipinski definition) is 2. The fourth-order valence-electron chi connectivity index (χ4n) is 1.25. The van der Waals surface area contributed by atoms with Crippen LogP contribution in [0.1, 0.15) is 0 Å². The Morgan fingerprint density at radius 3 is 2.39 bits per heavy atom. The highest BCUT2D eigenvalue weighted by Gasteiger charge is 2.10. The molecule has 2 aromatic rings. The van der Waals surface area contributed by atoms with Gasteiger partial charge in [-0.05, 0) is 24.3 Å². The van der Waals surface area contributed by atoms with Crippen LogP contribution in [0.2, 0.25) is 20.2 Å². The predicted octanol–water partition coefficient (Wildman–Crippen LogP) is 5.58. The van der Waals surface area contributed by atoms with E-state index in [4.69, 9.17) is 46.4 Å². The van der Waals surface area contributed by atoms with Gasteiger partial charge in [0.2, 0.25) is 0 Å². The van der Waals surface area contributed by atoms with Gasteiger partial charge in [0.05, 0.1) is 15.7 Å². The molecule has 1 heterocycles. The minimum atomic E-state index is -0.522. The van der Waals surface area contributed by atoms with E-state index in [1.54, 1.807) is 6.07 Å². The third-order valence-electron chi connectivity index (χ3n) is 2.07. The van der Waals surface area contributed by atoms with E-state index in [9.17, 15) is 4.39 Å². The molecular formula is C11H5Cl4FN2. The van der Waals surface area contributed by atoms with Crippen LogP contribution in [-0.2, 0) is 0 Å². The van der Waals surface area contributed by atoms with Crippen molar-refractivity contribution >= 4 is 57.9 Å². The van der Waals surface area contributed by atoms with Crippen LogP contribution in [0.5, 0.6) is 0 Å². The summed E-state index contributed by atoms with van der Waals surface area (Å²) in [4.78, 5) is 3.92. The van der Waals surface area contributed by atoms with E-state index < -0.39 is 5.82 Å². The van der Waals surface area contributed by atoms with Crippen LogP contribution in [0.25, 0.3) is 0 Å². The number of anilines is 2. The number of rotatable bonds is 2. The molecule has 0 bridgehead atoms. The van der Waals surface area contributed by atoms with Gasteiger partial charge in [-0.3, -0.25) is 0 Å². The maximum Gasteiger partial charge on any atom is 0.151 e. The number of aromatic nitrogens is 1. The second kappa shape index (κ2) is 5.49. The number of nitrogens with zero attached hydrogens (tertiary/aromatic N) is 1. The lowest BCUT2D eigenvalue weighted by molar-refractivity contribution is 0.632. The Hall–Kier alpha value is -0.740. The summed E-state index contributed by atoms with van der Waals surface area (Å²) in [5, 5.41) is 3.56. The van der Waals surface area contributed by atoms with Crippen molar-refractivity contribution in [3.8, 4) is 0 Å². The van der Waals surface area contributed by atoms with E-state index in [0.29, 0.717) is 5.02 Å². The quantitative estimate of drug-likeness (QED) is 0.729. The molecule has 0 aliphatic carbocycles. The Morgan fingerprint density at radius 2 is 1.72 bits per heavy atom. The first kappa shape index (κ1) is 13.7. The average Bonchev–Trinajstić information content (AvgIpc) is 2.29. The fourth-order valence-corrected chi connectivity index (χ4v) is 1.95. The van der Waals surface area contributed by atoms with E-state index in [0.717, 1.165) is 0 Å². The van der Waals surface area contributed by atoms with Crippen LogP contribution in [0.4, 0.5) is 15.9 Å². The normalized spacial score (nSPS) is 10.5. The Balaban J connectivity index is 2.37. The Bertz CT molecular complexity index is 604. The highest BCUT2D eigenvalue weighted by Crippen LogP contribution is 2.31. The molecule has 0 amide bonds. The molecule has 0 aliphatic heterocycles. The van der Waals surface area contributed by atoms with Crippen LogP contribution < -0.4 is 5.32 Å². The maximum absolute atomic E-state index is 13.6. The van der Waals surface area contributed by atoms with Crippen molar-refractivity contribution in [2.45, 2.75) is 0 Å². The molecule has 1 aromatic carbocycles. The second-order valence-electron chi connectivity index (χ2n) is 3.34. The molecule has 1 N–H and O–H groups in total. The van der Waals surface area contributed by atoms with Crippen LogP contribution in [0.3, 0.4) is 0 Å². The van der Waals surface area contributed by atoms with Gasteiger partial charge in [0.25, 0.3) is 0 Å². The average molecular weight is 326 g/mol. The van der Waals surface area contributed by atoms with Gasteiger partial charge in [-0.2, -0.15) is 0 Å². The van der Waals surface area contributed by atoms with Crippen molar-refractivity contribution in [1.29, 1.82) is 0 Å². The molecule has 18 heavy (non-hydrogen) atoms. The first-order valence-corrected chi connectivity index (χ1v) is 6.22. The number of hydrogen-bond donors (Lipinski definition) is 1. The SMILES string of the molecule is Fc1cc(Cl)ccc1Nc1nc(Cl)c(Cl)cc1Cl. The van der Waals surface area contributed by atoms with Gasteiger partial charge in [0, 0.05) is 5.02 Å². The van der Waals surface area contributed by atoms with Crippen molar-refractivity contribution in [2.75, 3.05) is 5.32 Å². The molecule has 0 radical (unpaired) electrons. The second-order valence-corrected chi connectivity index (χ2v) is 4.95. The zero-order valence-corrected chi connectivity index (χ0v) is 11.7. The van der Waals surface area contributed by atoms with Gasteiger partial charge in [-0.25, -0.2) is 9.37 Å². The van der Waals surface area contributed by atoms with Crippen LogP contribution in [-0.4, -0.2) is 4.98 Å². The Kier molecular flexibility index (Phi) is 4.17. The van der Waals surface area contributed by atoms with Gasteiger partial charge in [0.1, 0.15) is 11.0 Å². The lowest BCUT2D eigenvalue weighted by Gasteiger charge is -2.09. The number of benzene rings is 1. The third kappa shape index (κ3) is 2.98. The molecule has 2 rings (SSSR count). The molecule has 1 aromatic heterocycles. The zero-order valence-electron chi connectivity index (χ0n) is 8.65. The summed E-state index contributed by atoms with van der Waals surface area (Å²) in [5.74, 6) is -0.307. The van der Waals surface area contributed by atoms with E-state index in [-0.39, 0.29) is 26.7 Å². The summed E-state index contributed by atoms with van der Waals surface area (Å²) in [7, 11) is 0. The van der Waals surface area contributed by atoms with Gasteiger partial charge in [0.15, 0.2) is 5.82 Å².